The molecule has 2 aromatic carbocycles. The fraction of sp³-hybridized carbons (Fsp3) is 0.0769. The first-order valence-electron chi connectivity index (χ1n) is 4.71. The van der Waals surface area contributed by atoms with Gasteiger partial charge in [0.15, 0.2) is 0 Å². The zero-order chi connectivity index (χ0) is 10.7. The van der Waals surface area contributed by atoms with E-state index in [2.05, 4.69) is 0 Å². The van der Waals surface area contributed by atoms with Crippen LogP contribution in [0.4, 0.5) is 4.39 Å². The summed E-state index contributed by atoms with van der Waals surface area (Å²) in [5.74, 6) is -0.0527. The minimum absolute atomic E-state index is 0.191. The standard InChI is InChI=1S/C13H10ClF/c14-9-12-11(7-4-8-13(12)15)10-5-2-1-3-6-10/h1-8H,9H2. The lowest BCUT2D eigenvalue weighted by Gasteiger charge is -2.07. The molecule has 0 saturated carbocycles. The van der Waals surface area contributed by atoms with E-state index < -0.39 is 0 Å². The molecule has 0 bridgehead atoms. The van der Waals surface area contributed by atoms with Gasteiger partial charge in [-0.25, -0.2) is 4.39 Å². The quantitative estimate of drug-likeness (QED) is 0.665. The molecule has 15 heavy (non-hydrogen) atoms. The molecule has 0 N–H and O–H groups in total. The molecule has 0 aromatic heterocycles. The largest absolute Gasteiger partial charge is 0.207 e. The Morgan fingerprint density at radius 1 is 0.933 bits per heavy atom. The van der Waals surface area contributed by atoms with Crippen LogP contribution in [0.2, 0.25) is 0 Å². The molecule has 0 aliphatic rings. The summed E-state index contributed by atoms with van der Waals surface area (Å²) in [6.45, 7) is 0. The smallest absolute Gasteiger partial charge is 0.128 e. The average molecular weight is 221 g/mol. The zero-order valence-electron chi connectivity index (χ0n) is 8.08. The van der Waals surface area contributed by atoms with E-state index in [1.165, 1.54) is 6.07 Å². The summed E-state index contributed by atoms with van der Waals surface area (Å²) in [5, 5.41) is 0. The lowest BCUT2D eigenvalue weighted by atomic mass is 10.0. The highest BCUT2D eigenvalue weighted by Gasteiger charge is 2.08. The van der Waals surface area contributed by atoms with Crippen LogP contribution in [0.3, 0.4) is 0 Å². The van der Waals surface area contributed by atoms with Crippen molar-refractivity contribution in [1.29, 1.82) is 0 Å². The molecule has 76 valence electrons. The Morgan fingerprint density at radius 3 is 2.33 bits per heavy atom. The molecule has 0 fully saturated rings. The first kappa shape index (κ1) is 10.2. The first-order valence-corrected chi connectivity index (χ1v) is 5.25. The molecule has 0 nitrogen and oxygen atoms in total. The van der Waals surface area contributed by atoms with Crippen LogP contribution < -0.4 is 0 Å². The highest BCUT2D eigenvalue weighted by atomic mass is 35.5. The molecule has 0 aliphatic carbocycles. The predicted molar refractivity (Wildman–Crippen MR) is 61.4 cm³/mol. The van der Waals surface area contributed by atoms with Crippen molar-refractivity contribution in [3.63, 3.8) is 0 Å². The Labute approximate surface area is 93.3 Å². The van der Waals surface area contributed by atoms with Gasteiger partial charge in [0.2, 0.25) is 0 Å². The molecule has 0 radical (unpaired) electrons. The minimum atomic E-state index is -0.244. The third-order valence-electron chi connectivity index (χ3n) is 2.34. The number of benzene rings is 2. The molecule has 0 spiro atoms. The van der Waals surface area contributed by atoms with Crippen molar-refractivity contribution in [3.8, 4) is 11.1 Å². The van der Waals surface area contributed by atoms with Crippen molar-refractivity contribution >= 4 is 11.6 Å². The first-order chi connectivity index (χ1) is 7.33. The van der Waals surface area contributed by atoms with Crippen LogP contribution >= 0.6 is 11.6 Å². The van der Waals surface area contributed by atoms with Gasteiger partial charge in [-0.1, -0.05) is 42.5 Å². The fourth-order valence-corrected chi connectivity index (χ4v) is 1.85. The van der Waals surface area contributed by atoms with E-state index in [-0.39, 0.29) is 11.7 Å². The van der Waals surface area contributed by atoms with Gasteiger partial charge in [0.1, 0.15) is 5.82 Å². The van der Waals surface area contributed by atoms with Gasteiger partial charge in [-0.3, -0.25) is 0 Å². The van der Waals surface area contributed by atoms with Gasteiger partial charge in [-0.05, 0) is 17.2 Å². The molecule has 0 unspecified atom stereocenters. The molecule has 2 heteroatoms. The van der Waals surface area contributed by atoms with E-state index in [0.717, 1.165) is 11.1 Å². The van der Waals surface area contributed by atoms with Gasteiger partial charge in [-0.2, -0.15) is 0 Å². The summed E-state index contributed by atoms with van der Waals surface area (Å²) >= 11 is 5.75. The molecule has 0 atom stereocenters. The van der Waals surface area contributed by atoms with Crippen LogP contribution in [-0.4, -0.2) is 0 Å². The van der Waals surface area contributed by atoms with E-state index in [4.69, 9.17) is 11.6 Å². The van der Waals surface area contributed by atoms with Crippen LogP contribution in [0.1, 0.15) is 5.56 Å². The number of hydrogen-bond donors (Lipinski definition) is 0. The topological polar surface area (TPSA) is 0 Å². The van der Waals surface area contributed by atoms with E-state index >= 15 is 0 Å². The summed E-state index contributed by atoms with van der Waals surface area (Å²) in [4.78, 5) is 0. The average Bonchev–Trinajstić information content (AvgIpc) is 2.30. The van der Waals surface area contributed by atoms with Crippen LogP contribution in [0.5, 0.6) is 0 Å². The Hall–Kier alpha value is -1.34. The van der Waals surface area contributed by atoms with Crippen molar-refractivity contribution in [2.45, 2.75) is 5.88 Å². The summed E-state index contributed by atoms with van der Waals surface area (Å²) in [6, 6.07) is 14.7. The lowest BCUT2D eigenvalue weighted by molar-refractivity contribution is 0.617. The fourth-order valence-electron chi connectivity index (χ4n) is 1.58. The summed E-state index contributed by atoms with van der Waals surface area (Å²) < 4.78 is 13.5. The number of hydrogen-bond acceptors (Lipinski definition) is 0. The molecule has 0 saturated heterocycles. The van der Waals surface area contributed by atoms with E-state index in [1.54, 1.807) is 6.07 Å². The molecule has 2 rings (SSSR count). The van der Waals surface area contributed by atoms with Gasteiger partial charge < -0.3 is 0 Å². The van der Waals surface area contributed by atoms with Gasteiger partial charge in [0.05, 0.1) is 5.88 Å². The normalized spacial score (nSPS) is 10.3. The van der Waals surface area contributed by atoms with E-state index in [1.807, 2.05) is 36.4 Å². The third kappa shape index (κ3) is 2.02. The van der Waals surface area contributed by atoms with Gasteiger partial charge in [0, 0.05) is 5.56 Å². The Kier molecular flexibility index (Phi) is 3.02. The second kappa shape index (κ2) is 4.45. The van der Waals surface area contributed by atoms with Crippen molar-refractivity contribution in [1.82, 2.24) is 0 Å². The van der Waals surface area contributed by atoms with E-state index in [0.29, 0.717) is 5.56 Å². The van der Waals surface area contributed by atoms with Crippen LogP contribution in [0, 0.1) is 5.82 Å². The third-order valence-corrected chi connectivity index (χ3v) is 2.60. The number of rotatable bonds is 2. The number of alkyl halides is 1. The van der Waals surface area contributed by atoms with Crippen molar-refractivity contribution in [2.24, 2.45) is 0 Å². The molecule has 0 heterocycles. The summed E-state index contributed by atoms with van der Waals surface area (Å²) in [7, 11) is 0. The van der Waals surface area contributed by atoms with Crippen molar-refractivity contribution in [3.05, 3.63) is 59.9 Å². The SMILES string of the molecule is Fc1cccc(-c2ccccc2)c1CCl. The molecule has 0 amide bonds. The van der Waals surface area contributed by atoms with Gasteiger partial charge >= 0.3 is 0 Å². The highest BCUT2D eigenvalue weighted by Crippen LogP contribution is 2.26. The zero-order valence-corrected chi connectivity index (χ0v) is 8.84. The Balaban J connectivity index is 2.58. The van der Waals surface area contributed by atoms with Crippen molar-refractivity contribution < 1.29 is 4.39 Å². The van der Waals surface area contributed by atoms with Crippen molar-refractivity contribution in [2.75, 3.05) is 0 Å². The molecular formula is C13H10ClF. The Bertz CT molecular complexity index is 451. The summed E-state index contributed by atoms with van der Waals surface area (Å²) in [6.07, 6.45) is 0. The summed E-state index contributed by atoms with van der Waals surface area (Å²) in [5.41, 5.74) is 2.42. The highest BCUT2D eigenvalue weighted by molar-refractivity contribution is 6.17. The van der Waals surface area contributed by atoms with E-state index in [9.17, 15) is 4.39 Å². The van der Waals surface area contributed by atoms with Gasteiger partial charge in [-0.15, -0.1) is 11.6 Å². The maximum atomic E-state index is 13.5. The molecule has 0 aliphatic heterocycles. The van der Waals surface area contributed by atoms with Crippen LogP contribution in [0.25, 0.3) is 11.1 Å². The second-order valence-corrected chi connectivity index (χ2v) is 3.53. The minimum Gasteiger partial charge on any atom is -0.207 e. The van der Waals surface area contributed by atoms with Crippen LogP contribution in [-0.2, 0) is 5.88 Å². The Morgan fingerprint density at radius 2 is 1.67 bits per heavy atom. The monoisotopic (exact) mass is 220 g/mol. The molecule has 2 aromatic rings. The number of halogens is 2. The predicted octanol–water partition coefficient (Wildman–Crippen LogP) is 4.23. The van der Waals surface area contributed by atoms with Crippen LogP contribution in [0.15, 0.2) is 48.5 Å². The lowest BCUT2D eigenvalue weighted by Crippen LogP contribution is -1.90. The maximum Gasteiger partial charge on any atom is 0.128 e. The van der Waals surface area contributed by atoms with Gasteiger partial charge in [0.25, 0.3) is 0 Å². The maximum absolute atomic E-state index is 13.5. The second-order valence-electron chi connectivity index (χ2n) is 3.27. The molecular weight excluding hydrogens is 211 g/mol.